The zero-order chi connectivity index (χ0) is 21.1. The van der Waals surface area contributed by atoms with Gasteiger partial charge < -0.3 is 0 Å². The van der Waals surface area contributed by atoms with Crippen LogP contribution in [-0.4, -0.2) is 15.9 Å². The standard InChI is InChI=1S/C24H22FN3OS/c1-16(2)20-6-3-7-21-23(20)27-24(30-21)28(15-18-5-4-12-26-14-18)22(29)13-17-8-10-19(25)11-9-17/h3-12,14,16H,13,15H2,1-2H3. The number of pyridine rings is 1. The summed E-state index contributed by atoms with van der Waals surface area (Å²) in [6.07, 6.45) is 3.64. The molecule has 0 aliphatic rings. The highest BCUT2D eigenvalue weighted by molar-refractivity contribution is 7.22. The molecule has 2 heterocycles. The van der Waals surface area contributed by atoms with E-state index in [2.05, 4.69) is 24.9 Å². The lowest BCUT2D eigenvalue weighted by Crippen LogP contribution is -2.31. The zero-order valence-electron chi connectivity index (χ0n) is 16.9. The van der Waals surface area contributed by atoms with Crippen molar-refractivity contribution in [1.82, 2.24) is 9.97 Å². The zero-order valence-corrected chi connectivity index (χ0v) is 17.7. The highest BCUT2D eigenvalue weighted by Crippen LogP contribution is 2.34. The molecule has 0 N–H and O–H groups in total. The average molecular weight is 420 g/mol. The van der Waals surface area contributed by atoms with Gasteiger partial charge in [0.25, 0.3) is 0 Å². The summed E-state index contributed by atoms with van der Waals surface area (Å²) >= 11 is 1.51. The maximum absolute atomic E-state index is 13.3. The van der Waals surface area contributed by atoms with Gasteiger partial charge in [-0.1, -0.05) is 55.5 Å². The van der Waals surface area contributed by atoms with Crippen LogP contribution in [0.5, 0.6) is 0 Å². The van der Waals surface area contributed by atoms with Gasteiger partial charge in [-0.3, -0.25) is 14.7 Å². The predicted molar refractivity (Wildman–Crippen MR) is 119 cm³/mol. The van der Waals surface area contributed by atoms with Gasteiger partial charge in [-0.05, 0) is 46.9 Å². The second-order valence-corrected chi connectivity index (χ2v) is 8.50. The fraction of sp³-hybridized carbons (Fsp3) is 0.208. The van der Waals surface area contributed by atoms with Crippen molar-refractivity contribution in [2.45, 2.75) is 32.7 Å². The summed E-state index contributed by atoms with van der Waals surface area (Å²) in [4.78, 5) is 24.0. The lowest BCUT2D eigenvalue weighted by molar-refractivity contribution is -0.118. The number of carbonyl (C=O) groups excluding carboxylic acids is 1. The van der Waals surface area contributed by atoms with Crippen LogP contribution >= 0.6 is 11.3 Å². The van der Waals surface area contributed by atoms with E-state index in [-0.39, 0.29) is 18.1 Å². The molecule has 0 radical (unpaired) electrons. The Labute approximate surface area is 179 Å². The smallest absolute Gasteiger partial charge is 0.233 e. The van der Waals surface area contributed by atoms with Gasteiger partial charge in [-0.25, -0.2) is 9.37 Å². The van der Waals surface area contributed by atoms with Crippen molar-refractivity contribution in [3.05, 3.63) is 89.5 Å². The molecule has 0 atom stereocenters. The van der Waals surface area contributed by atoms with E-state index in [1.165, 1.54) is 29.0 Å². The summed E-state index contributed by atoms with van der Waals surface area (Å²) in [6.45, 7) is 4.66. The molecule has 0 saturated carbocycles. The van der Waals surface area contributed by atoms with Crippen molar-refractivity contribution >= 4 is 32.6 Å². The third kappa shape index (κ3) is 4.39. The van der Waals surface area contributed by atoms with Gasteiger partial charge in [0, 0.05) is 12.4 Å². The molecule has 4 nitrogen and oxygen atoms in total. The summed E-state index contributed by atoms with van der Waals surface area (Å²) in [6, 6.07) is 16.0. The van der Waals surface area contributed by atoms with Gasteiger partial charge in [0.05, 0.1) is 23.2 Å². The van der Waals surface area contributed by atoms with Crippen molar-refractivity contribution in [2.75, 3.05) is 4.90 Å². The molecule has 6 heteroatoms. The van der Waals surface area contributed by atoms with E-state index in [0.29, 0.717) is 17.6 Å². The van der Waals surface area contributed by atoms with E-state index in [0.717, 1.165) is 21.3 Å². The average Bonchev–Trinajstić information content (AvgIpc) is 3.18. The number of carbonyl (C=O) groups is 1. The van der Waals surface area contributed by atoms with Gasteiger partial charge in [-0.2, -0.15) is 0 Å². The van der Waals surface area contributed by atoms with Crippen LogP contribution in [0.4, 0.5) is 9.52 Å². The topological polar surface area (TPSA) is 46.1 Å². The number of para-hydroxylation sites is 1. The lowest BCUT2D eigenvalue weighted by atomic mass is 10.0. The molecule has 0 aliphatic carbocycles. The minimum Gasteiger partial charge on any atom is -0.283 e. The van der Waals surface area contributed by atoms with Crippen LogP contribution in [0.1, 0.15) is 36.5 Å². The summed E-state index contributed by atoms with van der Waals surface area (Å²) in [5.41, 5.74) is 3.80. The molecular formula is C24H22FN3OS. The Morgan fingerprint density at radius 2 is 1.87 bits per heavy atom. The van der Waals surface area contributed by atoms with Crippen molar-refractivity contribution in [2.24, 2.45) is 0 Å². The fourth-order valence-corrected chi connectivity index (χ4v) is 4.37. The Bertz CT molecular complexity index is 1160. The highest BCUT2D eigenvalue weighted by Gasteiger charge is 2.22. The molecule has 0 unspecified atom stereocenters. The van der Waals surface area contributed by atoms with Crippen LogP contribution in [0.25, 0.3) is 10.2 Å². The molecule has 30 heavy (non-hydrogen) atoms. The molecular weight excluding hydrogens is 397 g/mol. The molecule has 4 rings (SSSR count). The van der Waals surface area contributed by atoms with Gasteiger partial charge in [0.2, 0.25) is 5.91 Å². The number of benzene rings is 2. The largest absolute Gasteiger partial charge is 0.283 e. The predicted octanol–water partition coefficient (Wildman–Crippen LogP) is 5.73. The number of anilines is 1. The van der Waals surface area contributed by atoms with E-state index < -0.39 is 0 Å². The van der Waals surface area contributed by atoms with Crippen molar-refractivity contribution in [3.8, 4) is 0 Å². The van der Waals surface area contributed by atoms with Crippen LogP contribution in [0.2, 0.25) is 0 Å². The van der Waals surface area contributed by atoms with Crippen LogP contribution in [0, 0.1) is 5.82 Å². The van der Waals surface area contributed by atoms with Gasteiger partial charge >= 0.3 is 0 Å². The summed E-state index contributed by atoms with van der Waals surface area (Å²) in [5, 5.41) is 0.661. The number of hydrogen-bond acceptors (Lipinski definition) is 4. The Kier molecular flexibility index (Phi) is 5.86. The van der Waals surface area contributed by atoms with Gasteiger partial charge in [0.1, 0.15) is 5.82 Å². The number of fused-ring (bicyclic) bond motifs is 1. The number of rotatable bonds is 6. The van der Waals surface area contributed by atoms with Crippen molar-refractivity contribution in [1.29, 1.82) is 0 Å². The Balaban J connectivity index is 1.71. The molecule has 1 amide bonds. The van der Waals surface area contributed by atoms with Crippen LogP contribution in [0.3, 0.4) is 0 Å². The molecule has 2 aromatic heterocycles. The van der Waals surface area contributed by atoms with E-state index in [1.807, 2.05) is 24.3 Å². The molecule has 2 aromatic carbocycles. The summed E-state index contributed by atoms with van der Waals surface area (Å²) in [7, 11) is 0. The Morgan fingerprint density at radius 1 is 1.07 bits per heavy atom. The molecule has 4 aromatic rings. The van der Waals surface area contributed by atoms with E-state index in [9.17, 15) is 9.18 Å². The number of thiazole rings is 1. The molecule has 0 saturated heterocycles. The first kappa shape index (κ1) is 20.2. The quantitative estimate of drug-likeness (QED) is 0.401. The second kappa shape index (κ2) is 8.71. The normalized spacial score (nSPS) is 11.2. The van der Waals surface area contributed by atoms with Gasteiger partial charge in [-0.15, -0.1) is 0 Å². The number of amides is 1. The number of aromatic nitrogens is 2. The highest BCUT2D eigenvalue weighted by atomic mass is 32.1. The molecule has 152 valence electrons. The van der Waals surface area contributed by atoms with Crippen LogP contribution < -0.4 is 4.90 Å². The first-order valence-corrected chi connectivity index (χ1v) is 10.7. The first-order chi connectivity index (χ1) is 14.5. The van der Waals surface area contributed by atoms with E-state index in [1.54, 1.807) is 29.4 Å². The minimum absolute atomic E-state index is 0.0874. The number of halogens is 1. The monoisotopic (exact) mass is 419 g/mol. The minimum atomic E-state index is -0.314. The van der Waals surface area contributed by atoms with Gasteiger partial charge in [0.15, 0.2) is 5.13 Å². The third-order valence-electron chi connectivity index (χ3n) is 4.92. The number of hydrogen-bond donors (Lipinski definition) is 0. The maximum Gasteiger partial charge on any atom is 0.233 e. The van der Waals surface area contributed by atoms with Crippen molar-refractivity contribution in [3.63, 3.8) is 0 Å². The lowest BCUT2D eigenvalue weighted by Gasteiger charge is -2.20. The molecule has 0 fully saturated rings. The van der Waals surface area contributed by atoms with Crippen molar-refractivity contribution < 1.29 is 9.18 Å². The Hall–Kier alpha value is -3.12. The van der Waals surface area contributed by atoms with E-state index in [4.69, 9.17) is 4.98 Å². The molecule has 0 aliphatic heterocycles. The third-order valence-corrected chi connectivity index (χ3v) is 5.97. The molecule has 0 spiro atoms. The van der Waals surface area contributed by atoms with Crippen LogP contribution in [-0.2, 0) is 17.8 Å². The first-order valence-electron chi connectivity index (χ1n) is 9.84. The number of nitrogens with zero attached hydrogens (tertiary/aromatic N) is 3. The second-order valence-electron chi connectivity index (χ2n) is 7.49. The summed E-state index contributed by atoms with van der Waals surface area (Å²) < 4.78 is 14.3. The summed E-state index contributed by atoms with van der Waals surface area (Å²) in [5.74, 6) is -0.0632. The SMILES string of the molecule is CC(C)c1cccc2sc(N(Cc3cccnc3)C(=O)Cc3ccc(F)cc3)nc12. The maximum atomic E-state index is 13.3. The fourth-order valence-electron chi connectivity index (χ4n) is 3.35. The van der Waals surface area contributed by atoms with Crippen LogP contribution in [0.15, 0.2) is 67.0 Å². The molecule has 0 bridgehead atoms. The van der Waals surface area contributed by atoms with E-state index >= 15 is 0 Å². The Morgan fingerprint density at radius 3 is 2.57 bits per heavy atom.